The van der Waals surface area contributed by atoms with Crippen molar-refractivity contribution in [1.82, 2.24) is 10.6 Å². The number of nitrogens with one attached hydrogen (secondary N) is 2. The quantitative estimate of drug-likeness (QED) is 0.619. The lowest BCUT2D eigenvalue weighted by atomic mass is 9.64. The van der Waals surface area contributed by atoms with Gasteiger partial charge in [-0.25, -0.2) is 4.79 Å². The van der Waals surface area contributed by atoms with E-state index in [9.17, 15) is 9.59 Å². The van der Waals surface area contributed by atoms with Crippen molar-refractivity contribution in [2.45, 2.75) is 45.3 Å². The van der Waals surface area contributed by atoms with Gasteiger partial charge in [-0.3, -0.25) is 4.79 Å². The van der Waals surface area contributed by atoms with E-state index in [4.69, 9.17) is 9.84 Å². The van der Waals surface area contributed by atoms with Crippen LogP contribution in [-0.4, -0.2) is 42.9 Å². The van der Waals surface area contributed by atoms with E-state index in [1.165, 1.54) is 0 Å². The summed E-state index contributed by atoms with van der Waals surface area (Å²) in [5, 5.41) is 14.0. The molecule has 0 aromatic heterocycles. The van der Waals surface area contributed by atoms with Gasteiger partial charge < -0.3 is 20.5 Å². The Balaban J connectivity index is 2.20. The number of rotatable bonds is 6. The third kappa shape index (κ3) is 3.60. The molecule has 104 valence electrons. The van der Waals surface area contributed by atoms with E-state index in [2.05, 4.69) is 24.5 Å². The summed E-state index contributed by atoms with van der Waals surface area (Å²) < 4.78 is 5.30. The number of hydrogen-bond acceptors (Lipinski definition) is 3. The van der Waals surface area contributed by atoms with Gasteiger partial charge in [-0.15, -0.1) is 0 Å². The third-order valence-electron chi connectivity index (χ3n) is 3.62. The van der Waals surface area contributed by atoms with E-state index in [1.54, 1.807) is 7.11 Å². The van der Waals surface area contributed by atoms with Crippen LogP contribution in [0.15, 0.2) is 0 Å². The molecule has 0 saturated heterocycles. The first-order valence-electron chi connectivity index (χ1n) is 6.17. The molecule has 1 aliphatic rings. The first-order valence-corrected chi connectivity index (χ1v) is 6.17. The zero-order chi connectivity index (χ0) is 13.8. The number of methoxy groups -OCH3 is 1. The Hall–Kier alpha value is -1.30. The summed E-state index contributed by atoms with van der Waals surface area (Å²) in [6.07, 6.45) is 1.50. The molecule has 18 heavy (non-hydrogen) atoms. The smallest absolute Gasteiger partial charge is 0.315 e. The standard InChI is InChI=1S/C12H22N2O4/c1-12(2)8(7-9(12)18-3)14-11(17)13-6-4-5-10(15)16/h8-9H,4-7H2,1-3H3,(H,15,16)(H2,13,14,17). The van der Waals surface area contributed by atoms with Crippen LogP contribution in [0.25, 0.3) is 0 Å². The molecule has 1 fully saturated rings. The normalized spacial score (nSPS) is 25.1. The average Bonchev–Trinajstić information content (AvgIpc) is 2.29. The van der Waals surface area contributed by atoms with E-state index in [-0.39, 0.29) is 30.0 Å². The molecule has 2 atom stereocenters. The van der Waals surface area contributed by atoms with Crippen LogP contribution in [-0.2, 0) is 9.53 Å². The second-order valence-electron chi connectivity index (χ2n) is 5.23. The first-order chi connectivity index (χ1) is 8.37. The fourth-order valence-corrected chi connectivity index (χ4v) is 2.18. The third-order valence-corrected chi connectivity index (χ3v) is 3.62. The lowest BCUT2D eigenvalue weighted by molar-refractivity contribution is -0.137. The van der Waals surface area contributed by atoms with Crippen LogP contribution in [0.1, 0.15) is 33.1 Å². The molecule has 0 bridgehead atoms. The van der Waals surface area contributed by atoms with Crippen LogP contribution in [0.2, 0.25) is 0 Å². The highest BCUT2D eigenvalue weighted by Gasteiger charge is 2.49. The van der Waals surface area contributed by atoms with Crippen LogP contribution in [0.5, 0.6) is 0 Å². The minimum atomic E-state index is -0.847. The van der Waals surface area contributed by atoms with Gasteiger partial charge in [-0.1, -0.05) is 13.8 Å². The molecule has 6 nitrogen and oxygen atoms in total. The van der Waals surface area contributed by atoms with Gasteiger partial charge in [0.05, 0.1) is 6.10 Å². The molecule has 1 rings (SSSR count). The van der Waals surface area contributed by atoms with Gasteiger partial charge in [0.1, 0.15) is 0 Å². The summed E-state index contributed by atoms with van der Waals surface area (Å²) >= 11 is 0. The molecule has 0 aromatic carbocycles. The summed E-state index contributed by atoms with van der Waals surface area (Å²) in [5.41, 5.74) is -0.0623. The second kappa shape index (κ2) is 6.04. The van der Waals surface area contributed by atoms with E-state index in [0.29, 0.717) is 13.0 Å². The topological polar surface area (TPSA) is 87.7 Å². The van der Waals surface area contributed by atoms with Crippen LogP contribution in [0.4, 0.5) is 4.79 Å². The Morgan fingerprint density at radius 1 is 1.44 bits per heavy atom. The zero-order valence-corrected chi connectivity index (χ0v) is 11.2. The molecular weight excluding hydrogens is 236 g/mol. The Labute approximate surface area is 107 Å². The Morgan fingerprint density at radius 2 is 2.11 bits per heavy atom. The number of carbonyl (C=O) groups is 2. The molecule has 0 spiro atoms. The fraction of sp³-hybridized carbons (Fsp3) is 0.833. The van der Waals surface area contributed by atoms with E-state index in [1.807, 2.05) is 0 Å². The van der Waals surface area contributed by atoms with Gasteiger partial charge in [0.25, 0.3) is 0 Å². The highest BCUT2D eigenvalue weighted by molar-refractivity contribution is 5.74. The van der Waals surface area contributed by atoms with Crippen molar-refractivity contribution in [3.05, 3.63) is 0 Å². The maximum Gasteiger partial charge on any atom is 0.315 e. The first kappa shape index (κ1) is 14.8. The number of carbonyl (C=O) groups excluding carboxylic acids is 1. The van der Waals surface area contributed by atoms with Crippen molar-refractivity contribution in [2.24, 2.45) is 5.41 Å². The number of carboxylic acid groups (broad SMARTS) is 1. The number of urea groups is 1. The largest absolute Gasteiger partial charge is 0.481 e. The van der Waals surface area contributed by atoms with Gasteiger partial charge in [0.2, 0.25) is 0 Å². The van der Waals surface area contributed by atoms with E-state index in [0.717, 1.165) is 6.42 Å². The molecule has 0 aliphatic heterocycles. The summed E-state index contributed by atoms with van der Waals surface area (Å²) in [6.45, 7) is 4.49. The molecular formula is C12H22N2O4. The Kier molecular flexibility index (Phi) is 4.95. The van der Waals surface area contributed by atoms with Crippen LogP contribution >= 0.6 is 0 Å². The Morgan fingerprint density at radius 3 is 2.61 bits per heavy atom. The van der Waals surface area contributed by atoms with Crippen molar-refractivity contribution >= 4 is 12.0 Å². The predicted molar refractivity (Wildman–Crippen MR) is 66.4 cm³/mol. The maximum absolute atomic E-state index is 11.6. The van der Waals surface area contributed by atoms with E-state index < -0.39 is 5.97 Å². The van der Waals surface area contributed by atoms with E-state index >= 15 is 0 Å². The van der Waals surface area contributed by atoms with Crippen LogP contribution in [0.3, 0.4) is 0 Å². The minimum Gasteiger partial charge on any atom is -0.481 e. The molecule has 0 aromatic rings. The molecule has 2 unspecified atom stereocenters. The van der Waals surface area contributed by atoms with Crippen molar-refractivity contribution in [3.8, 4) is 0 Å². The lowest BCUT2D eigenvalue weighted by Crippen LogP contribution is -2.63. The van der Waals surface area contributed by atoms with Gasteiger partial charge in [0.15, 0.2) is 0 Å². The van der Waals surface area contributed by atoms with Crippen molar-refractivity contribution in [2.75, 3.05) is 13.7 Å². The van der Waals surface area contributed by atoms with Crippen molar-refractivity contribution in [1.29, 1.82) is 0 Å². The molecule has 1 saturated carbocycles. The van der Waals surface area contributed by atoms with Gasteiger partial charge in [-0.2, -0.15) is 0 Å². The number of carboxylic acids is 1. The minimum absolute atomic E-state index is 0.0623. The molecule has 6 heteroatoms. The summed E-state index contributed by atoms with van der Waals surface area (Å²) in [7, 11) is 1.68. The lowest BCUT2D eigenvalue weighted by Gasteiger charge is -2.51. The van der Waals surface area contributed by atoms with Gasteiger partial charge in [0, 0.05) is 31.5 Å². The van der Waals surface area contributed by atoms with Gasteiger partial charge >= 0.3 is 12.0 Å². The van der Waals surface area contributed by atoms with Crippen molar-refractivity contribution in [3.63, 3.8) is 0 Å². The molecule has 3 N–H and O–H groups in total. The number of ether oxygens (including phenoxy) is 1. The van der Waals surface area contributed by atoms with Gasteiger partial charge in [-0.05, 0) is 12.8 Å². The van der Waals surface area contributed by atoms with Crippen molar-refractivity contribution < 1.29 is 19.4 Å². The van der Waals surface area contributed by atoms with Crippen LogP contribution in [0, 0.1) is 5.41 Å². The summed E-state index contributed by atoms with van der Waals surface area (Å²) in [6, 6.07) is -0.144. The average molecular weight is 258 g/mol. The van der Waals surface area contributed by atoms with Crippen LogP contribution < -0.4 is 10.6 Å². The highest BCUT2D eigenvalue weighted by Crippen LogP contribution is 2.42. The zero-order valence-electron chi connectivity index (χ0n) is 11.2. The summed E-state index contributed by atoms with van der Waals surface area (Å²) in [5.74, 6) is -0.847. The number of aliphatic carboxylic acids is 1. The Bertz CT molecular complexity index is 317. The second-order valence-corrected chi connectivity index (χ2v) is 5.23. The molecule has 1 aliphatic carbocycles. The number of amides is 2. The SMILES string of the molecule is COC1CC(NC(=O)NCCCC(=O)O)C1(C)C. The number of hydrogen-bond donors (Lipinski definition) is 3. The highest BCUT2D eigenvalue weighted by atomic mass is 16.5. The monoisotopic (exact) mass is 258 g/mol. The predicted octanol–water partition coefficient (Wildman–Crippen LogP) is 0.964. The molecule has 0 radical (unpaired) electrons. The maximum atomic E-state index is 11.6. The summed E-state index contributed by atoms with van der Waals surface area (Å²) in [4.78, 5) is 21.9. The molecule has 2 amide bonds. The molecule has 0 heterocycles. The fourth-order valence-electron chi connectivity index (χ4n) is 2.18.